The van der Waals surface area contributed by atoms with E-state index in [2.05, 4.69) is 161 Å². The lowest BCUT2D eigenvalue weighted by Crippen LogP contribution is -2.01. The molecule has 0 bridgehead atoms. The van der Waals surface area contributed by atoms with Crippen LogP contribution in [-0.4, -0.2) is 0 Å². The van der Waals surface area contributed by atoms with Crippen LogP contribution >= 0.6 is 0 Å². The first-order valence-electron chi connectivity index (χ1n) is 16.7. The van der Waals surface area contributed by atoms with Crippen molar-refractivity contribution < 1.29 is 4.39 Å². The Morgan fingerprint density at radius 1 is 0.432 bits per heavy atom. The fourth-order valence-electron chi connectivity index (χ4n) is 4.57. The van der Waals surface area contributed by atoms with Gasteiger partial charge < -0.3 is 0 Å². The van der Waals surface area contributed by atoms with Gasteiger partial charge in [0.1, 0.15) is 5.82 Å². The van der Waals surface area contributed by atoms with Gasteiger partial charge in [0.2, 0.25) is 0 Å². The van der Waals surface area contributed by atoms with E-state index in [1.807, 2.05) is 12.1 Å². The van der Waals surface area contributed by atoms with Crippen molar-refractivity contribution >= 4 is 0 Å². The second-order valence-corrected chi connectivity index (χ2v) is 13.7. The lowest BCUT2D eigenvalue weighted by molar-refractivity contribution is 0.535. The lowest BCUT2D eigenvalue weighted by Gasteiger charge is -2.15. The maximum Gasteiger partial charge on any atom is 0.123 e. The first-order valence-corrected chi connectivity index (χ1v) is 16.7. The summed E-state index contributed by atoms with van der Waals surface area (Å²) < 4.78 is 12.4. The topological polar surface area (TPSA) is 0 Å². The van der Waals surface area contributed by atoms with Crippen LogP contribution in [-0.2, 0) is 12.8 Å². The molecule has 240 valence electrons. The third kappa shape index (κ3) is 17.2. The highest BCUT2D eigenvalue weighted by molar-refractivity contribution is 5.24. The highest BCUT2D eigenvalue weighted by Gasteiger charge is 2.09. The van der Waals surface area contributed by atoms with Gasteiger partial charge in [0.25, 0.3) is 0 Å². The van der Waals surface area contributed by atoms with E-state index in [4.69, 9.17) is 0 Å². The van der Waals surface area contributed by atoms with Crippen molar-refractivity contribution in [1.82, 2.24) is 0 Å². The molecule has 4 aromatic rings. The molecule has 2 atom stereocenters. The molecule has 4 rings (SSSR count). The van der Waals surface area contributed by atoms with Gasteiger partial charge >= 0.3 is 0 Å². The number of hydrogen-bond acceptors (Lipinski definition) is 0. The number of hydrogen-bond donors (Lipinski definition) is 0. The third-order valence-electron chi connectivity index (χ3n) is 7.97. The zero-order chi connectivity index (χ0) is 33.1. The lowest BCUT2D eigenvalue weighted by atomic mass is 9.90. The third-order valence-corrected chi connectivity index (χ3v) is 7.97. The molecular formula is C43H61F. The summed E-state index contributed by atoms with van der Waals surface area (Å²) in [7, 11) is 0. The van der Waals surface area contributed by atoms with Gasteiger partial charge in [-0.15, -0.1) is 0 Å². The maximum atomic E-state index is 12.4. The van der Waals surface area contributed by atoms with E-state index in [0.717, 1.165) is 24.2 Å². The van der Waals surface area contributed by atoms with Gasteiger partial charge in [-0.05, 0) is 89.7 Å². The molecule has 0 saturated carbocycles. The summed E-state index contributed by atoms with van der Waals surface area (Å²) in [5.41, 5.74) is 6.90. The van der Waals surface area contributed by atoms with E-state index in [1.54, 1.807) is 0 Å². The summed E-state index contributed by atoms with van der Waals surface area (Å²) in [5, 5.41) is 0. The zero-order valence-electron chi connectivity index (χ0n) is 29.6. The van der Waals surface area contributed by atoms with Crippen molar-refractivity contribution in [1.29, 1.82) is 0 Å². The predicted octanol–water partition coefficient (Wildman–Crippen LogP) is 13.1. The summed E-state index contributed by atoms with van der Waals surface area (Å²) in [6, 6.07) is 36.8. The average molecular weight is 597 g/mol. The van der Waals surface area contributed by atoms with E-state index >= 15 is 0 Å². The molecule has 0 fully saturated rings. The SMILES string of the molecule is CC(C)C(C)c1ccccc1.CC(C)Cc1ccc(F)cc1.CC(C)Cc1ccccc1.Cc1ccc(C(C)C(C)C)cc1. The molecule has 4 aromatic carbocycles. The molecule has 0 N–H and O–H groups in total. The van der Waals surface area contributed by atoms with Gasteiger partial charge in [0.15, 0.2) is 0 Å². The first-order chi connectivity index (χ1) is 20.8. The van der Waals surface area contributed by atoms with Crippen LogP contribution in [0.4, 0.5) is 4.39 Å². The Labute approximate surface area is 271 Å². The molecule has 0 aliphatic carbocycles. The molecule has 0 aliphatic rings. The molecule has 0 spiro atoms. The Morgan fingerprint density at radius 2 is 0.795 bits per heavy atom. The molecule has 1 heteroatoms. The largest absolute Gasteiger partial charge is 0.207 e. The van der Waals surface area contributed by atoms with Gasteiger partial charge in [0.05, 0.1) is 0 Å². The quantitative estimate of drug-likeness (QED) is 0.190. The minimum Gasteiger partial charge on any atom is -0.207 e. The smallest absolute Gasteiger partial charge is 0.123 e. The van der Waals surface area contributed by atoms with Gasteiger partial charge in [-0.25, -0.2) is 4.39 Å². The first kappa shape index (κ1) is 38.8. The Kier molecular flexibility index (Phi) is 19.0. The summed E-state index contributed by atoms with van der Waals surface area (Å²) in [4.78, 5) is 0. The monoisotopic (exact) mass is 596 g/mol. The molecule has 0 radical (unpaired) electrons. The summed E-state index contributed by atoms with van der Waals surface area (Å²) in [6.07, 6.45) is 2.22. The summed E-state index contributed by atoms with van der Waals surface area (Å²) >= 11 is 0. The number of aryl methyl sites for hydroxylation is 1. The van der Waals surface area contributed by atoms with Crippen LogP contribution in [0.5, 0.6) is 0 Å². The predicted molar refractivity (Wildman–Crippen MR) is 194 cm³/mol. The van der Waals surface area contributed by atoms with E-state index in [1.165, 1.54) is 46.4 Å². The van der Waals surface area contributed by atoms with Crippen molar-refractivity contribution in [2.75, 3.05) is 0 Å². The highest BCUT2D eigenvalue weighted by Crippen LogP contribution is 2.24. The minimum atomic E-state index is -0.155. The van der Waals surface area contributed by atoms with E-state index < -0.39 is 0 Å². The van der Waals surface area contributed by atoms with Crippen molar-refractivity contribution in [3.05, 3.63) is 143 Å². The van der Waals surface area contributed by atoms with Crippen LogP contribution in [0.15, 0.2) is 109 Å². The number of benzene rings is 4. The van der Waals surface area contributed by atoms with Crippen molar-refractivity contribution in [2.24, 2.45) is 23.7 Å². The van der Waals surface area contributed by atoms with Crippen LogP contribution in [0.2, 0.25) is 0 Å². The zero-order valence-corrected chi connectivity index (χ0v) is 29.6. The average Bonchev–Trinajstić information content (AvgIpc) is 2.99. The molecule has 0 aliphatic heterocycles. The minimum absolute atomic E-state index is 0.155. The van der Waals surface area contributed by atoms with Crippen LogP contribution in [0.1, 0.15) is 109 Å². The Bertz CT molecular complexity index is 1220. The fourth-order valence-corrected chi connectivity index (χ4v) is 4.57. The molecule has 44 heavy (non-hydrogen) atoms. The van der Waals surface area contributed by atoms with Crippen LogP contribution in [0, 0.1) is 36.4 Å². The van der Waals surface area contributed by atoms with Crippen molar-refractivity contribution in [3.63, 3.8) is 0 Å². The van der Waals surface area contributed by atoms with E-state index in [-0.39, 0.29) is 5.82 Å². The standard InChI is InChI=1S/C12H18.C11H16.C10H13F.C10H14/c1-9(2)11(4)12-7-5-10(3)6-8-12;1-9(2)10(3)11-7-5-4-6-8-11;1-8(2)7-9-3-5-10(11)6-4-9;1-9(2)8-10-6-4-3-5-7-10/h5-9,11H,1-4H3;4-10H,1-3H3;3-6,8H,7H2,1-2H3;3-7,9H,8H2,1-2H3. The molecule has 2 unspecified atom stereocenters. The van der Waals surface area contributed by atoms with Gasteiger partial charge in [-0.2, -0.15) is 0 Å². The Hall–Kier alpha value is -3.19. The van der Waals surface area contributed by atoms with Crippen LogP contribution < -0.4 is 0 Å². The second-order valence-electron chi connectivity index (χ2n) is 13.7. The summed E-state index contributed by atoms with van der Waals surface area (Å²) in [6.45, 7) is 24.6. The molecule has 0 amide bonds. The normalized spacial score (nSPS) is 12.0. The van der Waals surface area contributed by atoms with E-state index in [9.17, 15) is 4.39 Å². The van der Waals surface area contributed by atoms with E-state index in [0.29, 0.717) is 17.8 Å². The molecular weight excluding hydrogens is 535 g/mol. The van der Waals surface area contributed by atoms with Gasteiger partial charge in [0, 0.05) is 0 Å². The van der Waals surface area contributed by atoms with Crippen LogP contribution in [0.3, 0.4) is 0 Å². The number of halogens is 1. The number of rotatable bonds is 8. The fraction of sp³-hybridized carbons (Fsp3) is 0.442. The molecule has 0 aromatic heterocycles. The van der Waals surface area contributed by atoms with Gasteiger partial charge in [-0.3, -0.25) is 0 Å². The van der Waals surface area contributed by atoms with Gasteiger partial charge in [-0.1, -0.05) is 172 Å². The Balaban J connectivity index is 0.000000294. The highest BCUT2D eigenvalue weighted by atomic mass is 19.1. The maximum absolute atomic E-state index is 12.4. The molecule has 0 nitrogen and oxygen atoms in total. The molecule has 0 saturated heterocycles. The Morgan fingerprint density at radius 3 is 1.18 bits per heavy atom. The molecule has 0 heterocycles. The van der Waals surface area contributed by atoms with Crippen molar-refractivity contribution in [2.45, 2.75) is 101 Å². The second kappa shape index (κ2) is 21.5. The van der Waals surface area contributed by atoms with Crippen LogP contribution in [0.25, 0.3) is 0 Å². The van der Waals surface area contributed by atoms with Crippen molar-refractivity contribution in [3.8, 4) is 0 Å². The summed E-state index contributed by atoms with van der Waals surface area (Å²) in [5.74, 6) is 4.06.